The van der Waals surface area contributed by atoms with E-state index in [4.69, 9.17) is 4.74 Å². The number of alkyl halides is 6. The first-order valence-corrected chi connectivity index (χ1v) is 14.0. The average molecular weight is 643 g/mol. The van der Waals surface area contributed by atoms with Crippen molar-refractivity contribution in [3.8, 4) is 6.07 Å². The molecule has 1 aliphatic carbocycles. The molecule has 0 radical (unpaired) electrons. The molecule has 0 unspecified atom stereocenters. The lowest BCUT2D eigenvalue weighted by Gasteiger charge is -2.47. The van der Waals surface area contributed by atoms with Crippen molar-refractivity contribution in [3.05, 3.63) is 39.9 Å². The van der Waals surface area contributed by atoms with Crippen LogP contribution in [0.4, 0.5) is 43.5 Å². The molecule has 2 atom stereocenters. The van der Waals surface area contributed by atoms with Crippen LogP contribution in [0.3, 0.4) is 0 Å². The standard InChI is InChI=1S/C27H28F6N8O4/c1-15(37-17-10-36-38-23(43)21(17)27(31,32)33)12-45-7-2-20(42)39-5-6-40-19(11-39)24(44)41(14-25(13-34)3-4-25)18-8-16(26(28,29)30)9-35-22(18)40/h8-10,15,19H,2-7,11-12,14H2,1H3,(H2,37,38,43)/t15-,19+/m0/s1. The van der Waals surface area contributed by atoms with E-state index < -0.39 is 58.1 Å². The third-order valence-corrected chi connectivity index (χ3v) is 7.94. The van der Waals surface area contributed by atoms with Gasteiger partial charge in [-0.3, -0.25) is 14.4 Å². The number of aromatic amines is 1. The molecule has 45 heavy (non-hydrogen) atoms. The normalized spacial score (nSPS) is 19.8. The lowest BCUT2D eigenvalue weighted by atomic mass is 10.0. The van der Waals surface area contributed by atoms with E-state index in [0.717, 1.165) is 12.3 Å². The first-order chi connectivity index (χ1) is 21.1. The van der Waals surface area contributed by atoms with Crippen LogP contribution in [0.2, 0.25) is 0 Å². The van der Waals surface area contributed by atoms with Crippen LogP contribution in [0.5, 0.6) is 0 Å². The number of amides is 2. The van der Waals surface area contributed by atoms with Crippen molar-refractivity contribution >= 4 is 29.0 Å². The number of nitrogens with one attached hydrogen (secondary N) is 2. The predicted molar refractivity (Wildman–Crippen MR) is 145 cm³/mol. The molecule has 18 heteroatoms. The lowest BCUT2D eigenvalue weighted by Crippen LogP contribution is -2.64. The second-order valence-corrected chi connectivity index (χ2v) is 11.3. The molecule has 242 valence electrons. The van der Waals surface area contributed by atoms with Gasteiger partial charge in [0.2, 0.25) is 5.91 Å². The molecular formula is C27H28F6N8O4. The Morgan fingerprint density at radius 3 is 2.58 bits per heavy atom. The number of carbonyl (C=O) groups is 2. The second kappa shape index (κ2) is 11.8. The number of halogens is 6. The summed E-state index contributed by atoms with van der Waals surface area (Å²) >= 11 is 0. The molecule has 2 aromatic rings. The Morgan fingerprint density at radius 2 is 1.93 bits per heavy atom. The van der Waals surface area contributed by atoms with E-state index in [1.54, 1.807) is 10.00 Å². The number of rotatable bonds is 9. The Bertz CT molecular complexity index is 1570. The smallest absolute Gasteiger partial charge is 0.379 e. The summed E-state index contributed by atoms with van der Waals surface area (Å²) in [4.78, 5) is 46.5. The Hall–Kier alpha value is -4.40. The average Bonchev–Trinajstić information content (AvgIpc) is 3.75. The van der Waals surface area contributed by atoms with E-state index in [1.807, 2.05) is 0 Å². The molecule has 2 aliphatic heterocycles. The summed E-state index contributed by atoms with van der Waals surface area (Å²) in [6.07, 6.45) is -7.16. The van der Waals surface area contributed by atoms with Crippen molar-refractivity contribution in [1.82, 2.24) is 20.1 Å². The summed E-state index contributed by atoms with van der Waals surface area (Å²) in [5.74, 6) is -0.733. The number of pyridine rings is 1. The fourth-order valence-electron chi connectivity index (χ4n) is 5.39. The zero-order valence-electron chi connectivity index (χ0n) is 23.8. The van der Waals surface area contributed by atoms with Gasteiger partial charge in [0, 0.05) is 31.9 Å². The van der Waals surface area contributed by atoms with Crippen LogP contribution in [0.15, 0.2) is 23.3 Å². The molecule has 2 fully saturated rings. The van der Waals surface area contributed by atoms with E-state index in [2.05, 4.69) is 21.5 Å². The molecule has 2 amide bonds. The molecule has 0 spiro atoms. The van der Waals surface area contributed by atoms with Crippen molar-refractivity contribution in [2.24, 2.45) is 5.41 Å². The number of anilines is 3. The van der Waals surface area contributed by atoms with Crippen LogP contribution < -0.4 is 20.7 Å². The van der Waals surface area contributed by atoms with Gasteiger partial charge >= 0.3 is 12.4 Å². The number of H-pyrrole nitrogens is 1. The third kappa shape index (κ3) is 6.67. The van der Waals surface area contributed by atoms with Crippen molar-refractivity contribution in [1.29, 1.82) is 5.26 Å². The molecule has 1 saturated carbocycles. The molecule has 3 aliphatic rings. The minimum Gasteiger partial charge on any atom is -0.379 e. The molecule has 1 saturated heterocycles. The van der Waals surface area contributed by atoms with E-state index in [9.17, 15) is 46.0 Å². The first-order valence-electron chi connectivity index (χ1n) is 14.0. The van der Waals surface area contributed by atoms with Gasteiger partial charge in [-0.1, -0.05) is 0 Å². The number of fused-ring (bicyclic) bond motifs is 3. The highest BCUT2D eigenvalue weighted by Gasteiger charge is 2.51. The molecule has 12 nitrogen and oxygen atoms in total. The van der Waals surface area contributed by atoms with Crippen molar-refractivity contribution in [3.63, 3.8) is 0 Å². The molecular weight excluding hydrogens is 614 g/mol. The summed E-state index contributed by atoms with van der Waals surface area (Å²) in [5.41, 5.74) is -5.23. The number of piperazine rings is 1. The SMILES string of the molecule is C[C@@H](COCCC(=O)N1CCN2c3ncc(C(F)(F)F)cc3N(CC3(C#N)CC3)C(=O)[C@H]2C1)Nc1cn[nH]c(=O)c1C(F)(F)F. The maximum Gasteiger partial charge on any atom is 0.423 e. The highest BCUT2D eigenvalue weighted by molar-refractivity contribution is 6.05. The van der Waals surface area contributed by atoms with Gasteiger partial charge in [0.25, 0.3) is 11.5 Å². The maximum atomic E-state index is 13.7. The molecule has 4 heterocycles. The highest BCUT2D eigenvalue weighted by atomic mass is 19.4. The number of carbonyl (C=O) groups excluding carboxylic acids is 2. The first kappa shape index (κ1) is 32.0. The zero-order chi connectivity index (χ0) is 32.7. The van der Waals surface area contributed by atoms with Gasteiger partial charge < -0.3 is 24.8 Å². The second-order valence-electron chi connectivity index (χ2n) is 11.3. The van der Waals surface area contributed by atoms with E-state index >= 15 is 0 Å². The summed E-state index contributed by atoms with van der Waals surface area (Å²) in [7, 11) is 0. The fraction of sp³-hybridized carbons (Fsp3) is 0.556. The van der Waals surface area contributed by atoms with Gasteiger partial charge in [-0.2, -0.15) is 36.7 Å². The molecule has 2 N–H and O–H groups in total. The van der Waals surface area contributed by atoms with Gasteiger partial charge in [0.05, 0.1) is 60.8 Å². The lowest BCUT2D eigenvalue weighted by molar-refractivity contribution is -0.138. The number of aromatic nitrogens is 3. The van der Waals surface area contributed by atoms with E-state index in [-0.39, 0.29) is 63.2 Å². The largest absolute Gasteiger partial charge is 0.423 e. The van der Waals surface area contributed by atoms with Crippen molar-refractivity contribution < 1.29 is 40.7 Å². The minimum atomic E-state index is -4.91. The van der Waals surface area contributed by atoms with Crippen LogP contribution >= 0.6 is 0 Å². The summed E-state index contributed by atoms with van der Waals surface area (Å²) < 4.78 is 85.7. The van der Waals surface area contributed by atoms with Crippen LogP contribution in [0, 0.1) is 16.7 Å². The molecule has 2 aromatic heterocycles. The Labute approximate surface area is 251 Å². The summed E-state index contributed by atoms with van der Waals surface area (Å²) in [6, 6.07) is 1.41. The molecule has 0 aromatic carbocycles. The fourth-order valence-corrected chi connectivity index (χ4v) is 5.39. The number of ether oxygens (including phenoxy) is 1. The van der Waals surface area contributed by atoms with Gasteiger partial charge in [-0.25, -0.2) is 10.1 Å². The van der Waals surface area contributed by atoms with Crippen LogP contribution in [-0.4, -0.2) is 83.4 Å². The van der Waals surface area contributed by atoms with Gasteiger partial charge in [-0.15, -0.1) is 0 Å². The quantitative estimate of drug-likeness (QED) is 0.311. The monoisotopic (exact) mass is 642 g/mol. The molecule has 0 bridgehead atoms. The number of hydrogen-bond acceptors (Lipinski definition) is 9. The highest BCUT2D eigenvalue weighted by Crippen LogP contribution is 2.48. The van der Waals surface area contributed by atoms with Crippen LogP contribution in [0.1, 0.15) is 37.3 Å². The van der Waals surface area contributed by atoms with Crippen LogP contribution in [0.25, 0.3) is 0 Å². The Balaban J connectivity index is 1.20. The van der Waals surface area contributed by atoms with Gasteiger partial charge in [0.1, 0.15) is 11.6 Å². The van der Waals surface area contributed by atoms with Gasteiger partial charge in [0.15, 0.2) is 5.82 Å². The number of hydrogen-bond donors (Lipinski definition) is 2. The topological polar surface area (TPSA) is 148 Å². The number of nitriles is 1. The summed E-state index contributed by atoms with van der Waals surface area (Å²) in [6.45, 7) is 1.44. The summed E-state index contributed by atoms with van der Waals surface area (Å²) in [5, 5.41) is 17.3. The van der Waals surface area contributed by atoms with Crippen molar-refractivity contribution in [2.45, 2.75) is 50.6 Å². The Kier molecular flexibility index (Phi) is 8.42. The predicted octanol–water partition coefficient (Wildman–Crippen LogP) is 2.78. The maximum absolute atomic E-state index is 13.7. The van der Waals surface area contributed by atoms with E-state index in [0.29, 0.717) is 19.0 Å². The van der Waals surface area contributed by atoms with Crippen LogP contribution in [-0.2, 0) is 26.7 Å². The van der Waals surface area contributed by atoms with E-state index in [1.165, 1.54) is 16.7 Å². The number of nitrogens with zero attached hydrogens (tertiary/aromatic N) is 6. The minimum absolute atomic E-state index is 0.0262. The van der Waals surface area contributed by atoms with Crippen molar-refractivity contribution in [2.75, 3.05) is 54.5 Å². The third-order valence-electron chi connectivity index (χ3n) is 7.94. The Morgan fingerprint density at radius 1 is 1.20 bits per heavy atom. The van der Waals surface area contributed by atoms with Gasteiger partial charge in [-0.05, 0) is 25.8 Å². The molecule has 5 rings (SSSR count). The zero-order valence-corrected chi connectivity index (χ0v) is 23.8.